The molecule has 0 amide bonds. The molecular formula is C10H7NO5. The average Bonchev–Trinajstić information content (AvgIpc) is 2.70. The molecule has 1 aromatic heterocycles. The Morgan fingerprint density at radius 3 is 2.81 bits per heavy atom. The number of benzene rings is 1. The standard InChI is InChI=1S/C10H7NO5/c1-15-10(14)8-11-7-5(9(12)13)3-2-4-6(7)16-8/h2-4H,1H3,(H,12,13). The monoisotopic (exact) mass is 221 g/mol. The summed E-state index contributed by atoms with van der Waals surface area (Å²) in [5.41, 5.74) is 0.354. The van der Waals surface area contributed by atoms with Crippen LogP contribution in [0.2, 0.25) is 0 Å². The number of esters is 1. The highest BCUT2D eigenvalue weighted by molar-refractivity contribution is 6.01. The van der Waals surface area contributed by atoms with E-state index < -0.39 is 11.9 Å². The number of methoxy groups -OCH3 is 1. The number of carboxylic acids is 1. The zero-order chi connectivity index (χ0) is 11.7. The molecule has 0 unspecified atom stereocenters. The number of carbonyl (C=O) groups is 2. The third-order valence-electron chi connectivity index (χ3n) is 2.01. The lowest BCUT2D eigenvalue weighted by Crippen LogP contribution is -2.01. The van der Waals surface area contributed by atoms with Crippen LogP contribution in [0.3, 0.4) is 0 Å². The van der Waals surface area contributed by atoms with Gasteiger partial charge in [-0.2, -0.15) is 0 Å². The maximum Gasteiger partial charge on any atom is 0.394 e. The highest BCUT2D eigenvalue weighted by atomic mass is 16.5. The molecule has 16 heavy (non-hydrogen) atoms. The third-order valence-corrected chi connectivity index (χ3v) is 2.01. The molecule has 2 rings (SSSR count). The van der Waals surface area contributed by atoms with Crippen LogP contribution in [-0.4, -0.2) is 29.1 Å². The van der Waals surface area contributed by atoms with E-state index in [4.69, 9.17) is 9.52 Å². The van der Waals surface area contributed by atoms with E-state index in [1.54, 1.807) is 0 Å². The Morgan fingerprint density at radius 1 is 1.44 bits per heavy atom. The molecule has 0 atom stereocenters. The summed E-state index contributed by atoms with van der Waals surface area (Å²) >= 11 is 0. The summed E-state index contributed by atoms with van der Waals surface area (Å²) in [5, 5.41) is 8.89. The van der Waals surface area contributed by atoms with Crippen LogP contribution < -0.4 is 0 Å². The number of aromatic nitrogens is 1. The van der Waals surface area contributed by atoms with Crippen LogP contribution in [0.15, 0.2) is 22.6 Å². The maximum absolute atomic E-state index is 11.1. The van der Waals surface area contributed by atoms with Gasteiger partial charge in [0.25, 0.3) is 0 Å². The number of carbonyl (C=O) groups excluding carboxylic acids is 1. The lowest BCUT2D eigenvalue weighted by Gasteiger charge is -1.92. The molecule has 0 spiro atoms. The molecule has 0 aliphatic heterocycles. The van der Waals surface area contributed by atoms with E-state index in [-0.39, 0.29) is 22.6 Å². The predicted molar refractivity (Wildman–Crippen MR) is 52.3 cm³/mol. The molecule has 0 aliphatic carbocycles. The Labute approximate surface area is 89.5 Å². The number of para-hydroxylation sites is 1. The summed E-state index contributed by atoms with van der Waals surface area (Å²) in [4.78, 5) is 25.8. The zero-order valence-electron chi connectivity index (χ0n) is 8.26. The number of hydrogen-bond donors (Lipinski definition) is 1. The lowest BCUT2D eigenvalue weighted by atomic mass is 10.2. The summed E-state index contributed by atoms with van der Waals surface area (Å²) in [7, 11) is 1.19. The molecule has 6 nitrogen and oxygen atoms in total. The van der Waals surface area contributed by atoms with Gasteiger partial charge in [0.1, 0.15) is 5.52 Å². The van der Waals surface area contributed by atoms with Gasteiger partial charge < -0.3 is 14.3 Å². The van der Waals surface area contributed by atoms with Gasteiger partial charge in [0.2, 0.25) is 0 Å². The van der Waals surface area contributed by atoms with Crippen LogP contribution in [0.4, 0.5) is 0 Å². The SMILES string of the molecule is COC(=O)c1nc2c(C(=O)O)cccc2o1. The topological polar surface area (TPSA) is 89.6 Å². The second-order valence-corrected chi connectivity index (χ2v) is 2.97. The summed E-state index contributed by atoms with van der Waals surface area (Å²) in [6.07, 6.45) is 0. The van der Waals surface area contributed by atoms with Crippen molar-refractivity contribution in [3.05, 3.63) is 29.7 Å². The molecular weight excluding hydrogens is 214 g/mol. The first-order valence-electron chi connectivity index (χ1n) is 4.34. The molecule has 1 aromatic carbocycles. The van der Waals surface area contributed by atoms with Crippen molar-refractivity contribution >= 4 is 23.0 Å². The molecule has 6 heteroatoms. The summed E-state index contributed by atoms with van der Waals surface area (Å²) < 4.78 is 9.49. The van der Waals surface area contributed by atoms with Gasteiger partial charge in [-0.3, -0.25) is 0 Å². The minimum absolute atomic E-state index is 0.0172. The van der Waals surface area contributed by atoms with Crippen LogP contribution in [0.1, 0.15) is 21.0 Å². The first-order valence-corrected chi connectivity index (χ1v) is 4.34. The van der Waals surface area contributed by atoms with Crippen LogP contribution in [-0.2, 0) is 4.74 Å². The number of nitrogens with zero attached hydrogens (tertiary/aromatic N) is 1. The van der Waals surface area contributed by atoms with E-state index in [1.807, 2.05) is 0 Å². The minimum atomic E-state index is -1.13. The predicted octanol–water partition coefficient (Wildman–Crippen LogP) is 1.31. The van der Waals surface area contributed by atoms with Crippen LogP contribution in [0, 0.1) is 0 Å². The van der Waals surface area contributed by atoms with Crippen molar-refractivity contribution in [2.75, 3.05) is 7.11 Å². The summed E-state index contributed by atoms with van der Waals surface area (Å²) in [6, 6.07) is 4.42. The molecule has 1 N–H and O–H groups in total. The van der Waals surface area contributed by atoms with Crippen LogP contribution >= 0.6 is 0 Å². The molecule has 0 radical (unpaired) electrons. The Hall–Kier alpha value is -2.37. The molecule has 0 aliphatic rings. The van der Waals surface area contributed by atoms with Crippen molar-refractivity contribution in [3.8, 4) is 0 Å². The van der Waals surface area contributed by atoms with Gasteiger partial charge in [-0.15, -0.1) is 0 Å². The molecule has 0 saturated carbocycles. The number of aromatic carboxylic acids is 1. The van der Waals surface area contributed by atoms with E-state index in [9.17, 15) is 9.59 Å². The van der Waals surface area contributed by atoms with Gasteiger partial charge in [-0.1, -0.05) is 6.07 Å². The number of rotatable bonds is 2. The number of fused-ring (bicyclic) bond motifs is 1. The number of ether oxygens (including phenoxy) is 1. The lowest BCUT2D eigenvalue weighted by molar-refractivity contribution is 0.0558. The first kappa shape index (κ1) is 10.2. The highest BCUT2D eigenvalue weighted by Gasteiger charge is 2.18. The van der Waals surface area contributed by atoms with Gasteiger partial charge >= 0.3 is 17.8 Å². The second kappa shape index (κ2) is 3.65. The van der Waals surface area contributed by atoms with Gasteiger partial charge in [0.05, 0.1) is 12.7 Å². The third kappa shape index (κ3) is 1.50. The quantitative estimate of drug-likeness (QED) is 0.769. The smallest absolute Gasteiger partial charge is 0.394 e. The highest BCUT2D eigenvalue weighted by Crippen LogP contribution is 2.19. The van der Waals surface area contributed by atoms with Crippen LogP contribution in [0.5, 0.6) is 0 Å². The minimum Gasteiger partial charge on any atom is -0.478 e. The maximum atomic E-state index is 11.1. The molecule has 0 saturated heterocycles. The number of hydrogen-bond acceptors (Lipinski definition) is 5. The molecule has 82 valence electrons. The van der Waals surface area contributed by atoms with Crippen molar-refractivity contribution in [1.82, 2.24) is 4.98 Å². The average molecular weight is 221 g/mol. The molecule has 2 aromatic rings. The Kier molecular flexibility index (Phi) is 2.32. The van der Waals surface area contributed by atoms with Crippen molar-refractivity contribution in [2.45, 2.75) is 0 Å². The van der Waals surface area contributed by atoms with E-state index >= 15 is 0 Å². The van der Waals surface area contributed by atoms with Crippen molar-refractivity contribution < 1.29 is 23.8 Å². The fourth-order valence-electron chi connectivity index (χ4n) is 1.30. The molecule has 1 heterocycles. The molecule has 0 fully saturated rings. The van der Waals surface area contributed by atoms with Crippen molar-refractivity contribution in [1.29, 1.82) is 0 Å². The van der Waals surface area contributed by atoms with Gasteiger partial charge in [-0.05, 0) is 12.1 Å². The van der Waals surface area contributed by atoms with E-state index in [1.165, 1.54) is 25.3 Å². The van der Waals surface area contributed by atoms with E-state index in [0.717, 1.165) is 0 Å². The van der Waals surface area contributed by atoms with E-state index in [0.29, 0.717) is 0 Å². The normalized spacial score (nSPS) is 10.3. The Balaban J connectivity index is 2.65. The summed E-state index contributed by atoms with van der Waals surface area (Å²) in [6.45, 7) is 0. The number of carboxylic acid groups (broad SMARTS) is 1. The van der Waals surface area contributed by atoms with Gasteiger partial charge in [0.15, 0.2) is 5.58 Å². The zero-order valence-corrected chi connectivity index (χ0v) is 8.26. The fourth-order valence-corrected chi connectivity index (χ4v) is 1.30. The Morgan fingerprint density at radius 2 is 2.19 bits per heavy atom. The number of oxazole rings is 1. The Bertz CT molecular complexity index is 572. The van der Waals surface area contributed by atoms with Crippen LogP contribution in [0.25, 0.3) is 11.1 Å². The first-order chi connectivity index (χ1) is 7.63. The van der Waals surface area contributed by atoms with Crippen molar-refractivity contribution in [2.24, 2.45) is 0 Å². The fraction of sp³-hybridized carbons (Fsp3) is 0.100. The molecule has 0 bridgehead atoms. The second-order valence-electron chi connectivity index (χ2n) is 2.97. The van der Waals surface area contributed by atoms with Crippen molar-refractivity contribution in [3.63, 3.8) is 0 Å². The summed E-state index contributed by atoms with van der Waals surface area (Å²) in [5.74, 6) is -2.13. The van der Waals surface area contributed by atoms with E-state index in [2.05, 4.69) is 9.72 Å². The van der Waals surface area contributed by atoms with Gasteiger partial charge in [0, 0.05) is 0 Å². The largest absolute Gasteiger partial charge is 0.478 e. The van der Waals surface area contributed by atoms with Gasteiger partial charge in [-0.25, -0.2) is 14.6 Å².